The molecule has 2 atom stereocenters. The smallest absolute Gasteiger partial charge is 0.0855 e. The minimum Gasteiger partial charge on any atom is -0.379 e. The van der Waals surface area contributed by atoms with Crippen molar-refractivity contribution in [1.29, 1.82) is 0 Å². The van der Waals surface area contributed by atoms with Gasteiger partial charge in [-0.05, 0) is 26.8 Å². The third-order valence-corrected chi connectivity index (χ3v) is 3.51. The van der Waals surface area contributed by atoms with Gasteiger partial charge < -0.3 is 10.1 Å². The van der Waals surface area contributed by atoms with E-state index in [0.717, 1.165) is 25.0 Å². The first-order valence-corrected chi connectivity index (χ1v) is 5.55. The minimum absolute atomic E-state index is 0.147. The van der Waals surface area contributed by atoms with Gasteiger partial charge >= 0.3 is 0 Å². The van der Waals surface area contributed by atoms with Crippen molar-refractivity contribution in [3.8, 4) is 0 Å². The van der Waals surface area contributed by atoms with Gasteiger partial charge in [-0.3, -0.25) is 0 Å². The van der Waals surface area contributed by atoms with Crippen LogP contribution in [0.25, 0.3) is 0 Å². The first-order valence-electron chi connectivity index (χ1n) is 4.67. The second-order valence-corrected chi connectivity index (χ2v) is 5.45. The maximum Gasteiger partial charge on any atom is 0.0855 e. The van der Waals surface area contributed by atoms with Crippen LogP contribution in [0.4, 0.5) is 0 Å². The predicted octanol–water partition coefficient (Wildman–Crippen LogP) is 1.85. The number of hydrogen-bond acceptors (Lipinski definition) is 3. The second-order valence-electron chi connectivity index (χ2n) is 3.51. The van der Waals surface area contributed by atoms with Gasteiger partial charge in [0.2, 0.25) is 0 Å². The Kier molecular flexibility index (Phi) is 3.87. The standard InChI is InChI=1S/C9H19NOS/c1-4-11-7-9(3)10-6-5-8(2)12-9/h8,10H,4-7H2,1-3H3. The van der Waals surface area contributed by atoms with Crippen LogP contribution in [0.5, 0.6) is 0 Å². The lowest BCUT2D eigenvalue weighted by Gasteiger charge is -2.37. The molecule has 2 nitrogen and oxygen atoms in total. The number of ether oxygens (including phenoxy) is 1. The first-order chi connectivity index (χ1) is 5.66. The maximum absolute atomic E-state index is 5.44. The third-order valence-electron chi connectivity index (χ3n) is 2.09. The molecule has 1 saturated heterocycles. The quantitative estimate of drug-likeness (QED) is 0.732. The number of thioether (sulfide) groups is 1. The van der Waals surface area contributed by atoms with E-state index in [9.17, 15) is 0 Å². The molecule has 0 aromatic rings. The Morgan fingerprint density at radius 1 is 1.67 bits per heavy atom. The lowest BCUT2D eigenvalue weighted by molar-refractivity contribution is 0.115. The van der Waals surface area contributed by atoms with E-state index in [1.165, 1.54) is 6.42 Å². The molecule has 1 rings (SSSR count). The Morgan fingerprint density at radius 2 is 2.42 bits per heavy atom. The van der Waals surface area contributed by atoms with E-state index in [0.29, 0.717) is 0 Å². The van der Waals surface area contributed by atoms with Crippen LogP contribution in [0.1, 0.15) is 27.2 Å². The molecule has 1 aliphatic rings. The Morgan fingerprint density at radius 3 is 3.00 bits per heavy atom. The highest BCUT2D eigenvalue weighted by Gasteiger charge is 2.30. The average Bonchev–Trinajstić information content (AvgIpc) is 2.01. The summed E-state index contributed by atoms with van der Waals surface area (Å²) in [7, 11) is 0. The zero-order valence-corrected chi connectivity index (χ0v) is 9.04. The summed E-state index contributed by atoms with van der Waals surface area (Å²) in [5.41, 5.74) is 0. The van der Waals surface area contributed by atoms with Crippen LogP contribution in [0.15, 0.2) is 0 Å². The van der Waals surface area contributed by atoms with Crippen molar-refractivity contribution in [3.05, 3.63) is 0 Å². The van der Waals surface area contributed by atoms with E-state index in [1.807, 2.05) is 18.7 Å². The third kappa shape index (κ3) is 2.96. The van der Waals surface area contributed by atoms with Crippen LogP contribution in [-0.2, 0) is 4.74 Å². The fraction of sp³-hybridized carbons (Fsp3) is 1.00. The summed E-state index contributed by atoms with van der Waals surface area (Å²) in [6.45, 7) is 9.31. The molecule has 1 aliphatic heterocycles. The SMILES string of the molecule is CCOCC1(C)NCCC(C)S1. The van der Waals surface area contributed by atoms with Gasteiger partial charge in [-0.1, -0.05) is 6.92 Å². The summed E-state index contributed by atoms with van der Waals surface area (Å²) in [4.78, 5) is 0.147. The van der Waals surface area contributed by atoms with Crippen molar-refractivity contribution in [1.82, 2.24) is 5.32 Å². The van der Waals surface area contributed by atoms with Crippen molar-refractivity contribution in [2.75, 3.05) is 19.8 Å². The fourth-order valence-electron chi connectivity index (χ4n) is 1.47. The zero-order valence-electron chi connectivity index (χ0n) is 8.22. The highest BCUT2D eigenvalue weighted by Crippen LogP contribution is 2.32. The lowest BCUT2D eigenvalue weighted by atomic mass is 10.2. The lowest BCUT2D eigenvalue weighted by Crippen LogP contribution is -2.48. The average molecular weight is 189 g/mol. The topological polar surface area (TPSA) is 21.3 Å². The van der Waals surface area contributed by atoms with Gasteiger partial charge in [0.25, 0.3) is 0 Å². The summed E-state index contributed by atoms with van der Waals surface area (Å²) < 4.78 is 5.44. The predicted molar refractivity (Wildman–Crippen MR) is 54.6 cm³/mol. The van der Waals surface area contributed by atoms with E-state index in [-0.39, 0.29) is 4.87 Å². The Balaban J connectivity index is 2.35. The molecular weight excluding hydrogens is 170 g/mol. The molecule has 3 heteroatoms. The summed E-state index contributed by atoms with van der Waals surface area (Å²) in [5.74, 6) is 0. The molecule has 72 valence electrons. The van der Waals surface area contributed by atoms with Crippen molar-refractivity contribution in [2.24, 2.45) is 0 Å². The van der Waals surface area contributed by atoms with E-state index in [1.54, 1.807) is 0 Å². The number of hydrogen-bond donors (Lipinski definition) is 1. The van der Waals surface area contributed by atoms with Gasteiger partial charge in [-0.15, -0.1) is 11.8 Å². The molecule has 0 spiro atoms. The van der Waals surface area contributed by atoms with Crippen LogP contribution in [0, 0.1) is 0 Å². The van der Waals surface area contributed by atoms with E-state index in [2.05, 4.69) is 19.2 Å². The number of nitrogens with one attached hydrogen (secondary N) is 1. The van der Waals surface area contributed by atoms with Gasteiger partial charge in [0.1, 0.15) is 0 Å². The molecule has 0 bridgehead atoms. The number of rotatable bonds is 3. The molecule has 0 aromatic carbocycles. The molecule has 2 unspecified atom stereocenters. The van der Waals surface area contributed by atoms with Gasteiger partial charge in [0, 0.05) is 11.9 Å². The fourth-order valence-corrected chi connectivity index (χ4v) is 2.93. The van der Waals surface area contributed by atoms with Gasteiger partial charge in [0.05, 0.1) is 11.5 Å². The molecule has 1 fully saturated rings. The maximum atomic E-state index is 5.44. The highest BCUT2D eigenvalue weighted by atomic mass is 32.2. The van der Waals surface area contributed by atoms with Gasteiger partial charge in [-0.2, -0.15) is 0 Å². The van der Waals surface area contributed by atoms with E-state index in [4.69, 9.17) is 4.74 Å². The Bertz CT molecular complexity index is 142. The van der Waals surface area contributed by atoms with Crippen LogP contribution < -0.4 is 5.32 Å². The summed E-state index contributed by atoms with van der Waals surface area (Å²) in [6.07, 6.45) is 1.27. The van der Waals surface area contributed by atoms with Crippen LogP contribution in [0.2, 0.25) is 0 Å². The zero-order chi connectivity index (χ0) is 9.03. The molecule has 0 radical (unpaired) electrons. The molecular formula is C9H19NOS. The molecule has 12 heavy (non-hydrogen) atoms. The van der Waals surface area contributed by atoms with Gasteiger partial charge in [-0.25, -0.2) is 0 Å². The Hall–Kier alpha value is 0.270. The molecule has 0 saturated carbocycles. The minimum atomic E-state index is 0.147. The van der Waals surface area contributed by atoms with Gasteiger partial charge in [0.15, 0.2) is 0 Å². The molecule has 1 N–H and O–H groups in total. The largest absolute Gasteiger partial charge is 0.379 e. The van der Waals surface area contributed by atoms with E-state index >= 15 is 0 Å². The van der Waals surface area contributed by atoms with Crippen LogP contribution >= 0.6 is 11.8 Å². The molecule has 0 aliphatic carbocycles. The van der Waals surface area contributed by atoms with Crippen molar-refractivity contribution >= 4 is 11.8 Å². The van der Waals surface area contributed by atoms with Crippen molar-refractivity contribution in [2.45, 2.75) is 37.3 Å². The Labute approximate surface area is 79.4 Å². The van der Waals surface area contributed by atoms with Crippen molar-refractivity contribution in [3.63, 3.8) is 0 Å². The molecule has 0 aromatic heterocycles. The van der Waals surface area contributed by atoms with Crippen LogP contribution in [0.3, 0.4) is 0 Å². The highest BCUT2D eigenvalue weighted by molar-refractivity contribution is 8.01. The normalized spacial score (nSPS) is 36.8. The molecule has 1 heterocycles. The first kappa shape index (κ1) is 10.4. The molecule has 0 amide bonds. The summed E-state index contributed by atoms with van der Waals surface area (Å²) in [5, 5.41) is 4.26. The van der Waals surface area contributed by atoms with Crippen molar-refractivity contribution < 1.29 is 4.74 Å². The van der Waals surface area contributed by atoms with E-state index < -0.39 is 0 Å². The summed E-state index contributed by atoms with van der Waals surface area (Å²) in [6, 6.07) is 0. The van der Waals surface area contributed by atoms with Crippen LogP contribution in [-0.4, -0.2) is 29.9 Å². The second kappa shape index (κ2) is 4.49. The summed E-state index contributed by atoms with van der Waals surface area (Å²) >= 11 is 1.99. The monoisotopic (exact) mass is 189 g/mol.